The molecule has 638 valence electrons. The third-order valence-corrected chi connectivity index (χ3v) is 11.3. The van der Waals surface area contributed by atoms with E-state index in [9.17, 15) is 0 Å². The molecule has 14 rings (SSSR count). The predicted octanol–water partition coefficient (Wildman–Crippen LogP) is 30.3. The van der Waals surface area contributed by atoms with Crippen molar-refractivity contribution in [2.75, 3.05) is 66.1 Å². The van der Waals surface area contributed by atoms with E-state index in [1.54, 1.807) is 0 Å². The largest absolute Gasteiger partial charge is 0.491 e. The van der Waals surface area contributed by atoms with Crippen LogP contribution in [0, 0.1) is 0 Å². The Morgan fingerprint density at radius 3 is 0.345 bits per heavy atom. The van der Waals surface area contributed by atoms with E-state index in [1.165, 1.54) is 64.2 Å². The summed E-state index contributed by atoms with van der Waals surface area (Å²) in [6.07, 6.45) is 14.5. The lowest BCUT2D eigenvalue weighted by molar-refractivity contribution is 0.263. The molecule has 5 unspecified atom stereocenters. The number of epoxide rings is 5. The summed E-state index contributed by atoms with van der Waals surface area (Å²) >= 11 is 0. The topological polar surface area (TPSA) is 109 Å². The Kier molecular flexibility index (Phi) is 113. The van der Waals surface area contributed by atoms with Crippen LogP contribution in [0.2, 0.25) is 0 Å². The molecular formula is C103H166O10. The van der Waals surface area contributed by atoms with Gasteiger partial charge in [-0.2, -0.15) is 0 Å². The van der Waals surface area contributed by atoms with E-state index in [0.29, 0.717) is 63.6 Å². The molecular weight excluding hydrogens is 1400 g/mol. The Morgan fingerprint density at radius 1 is 0.186 bits per heavy atom. The van der Waals surface area contributed by atoms with Crippen molar-refractivity contribution in [2.45, 2.75) is 261 Å². The van der Waals surface area contributed by atoms with E-state index in [1.807, 2.05) is 353 Å². The summed E-state index contributed by atoms with van der Waals surface area (Å²) in [7, 11) is 0. The van der Waals surface area contributed by atoms with Crippen molar-refractivity contribution in [3.05, 3.63) is 297 Å². The molecule has 5 fully saturated rings. The highest BCUT2D eigenvalue weighted by Gasteiger charge is 2.25. The van der Waals surface area contributed by atoms with Crippen molar-refractivity contribution in [1.82, 2.24) is 0 Å². The van der Waals surface area contributed by atoms with Gasteiger partial charge in [-0.25, -0.2) is 0 Å². The standard InChI is InChI=1S/5C9H10O2.4C6H6.C5H12.7C3H8.4C2H6/c5*1-2-4-8(5-3-1)10-6-9-7-11-9;4*1-2-4-6-5-3-1;1-3-5-4-2;7*1-3-2;4*1-2/h5*1-5,9H,6-7H2;4*1-6H;3-5H2,1-2H3;7*3H2,1-2H3;4*1-2H3. The lowest BCUT2D eigenvalue weighted by Crippen LogP contribution is -2.03. The van der Waals surface area contributed by atoms with E-state index < -0.39 is 0 Å². The molecule has 10 nitrogen and oxygen atoms in total. The smallest absolute Gasteiger partial charge is 0.119 e. The molecule has 9 aromatic rings. The van der Waals surface area contributed by atoms with Gasteiger partial charge in [-0.05, 0) is 60.7 Å². The second kappa shape index (κ2) is 108. The van der Waals surface area contributed by atoms with Gasteiger partial charge >= 0.3 is 0 Å². The van der Waals surface area contributed by atoms with Crippen LogP contribution >= 0.6 is 0 Å². The van der Waals surface area contributed by atoms with Crippen molar-refractivity contribution in [2.24, 2.45) is 0 Å². The van der Waals surface area contributed by atoms with E-state index in [0.717, 1.165) is 61.8 Å². The second-order valence-electron chi connectivity index (χ2n) is 23.8. The zero-order valence-corrected chi connectivity index (χ0v) is 75.9. The third kappa shape index (κ3) is 112. The van der Waals surface area contributed by atoms with E-state index in [4.69, 9.17) is 47.4 Å². The van der Waals surface area contributed by atoms with Gasteiger partial charge in [0.15, 0.2) is 0 Å². The Bertz CT molecular complexity index is 2320. The molecule has 0 aromatic heterocycles. The molecule has 5 aliphatic rings. The average Bonchev–Trinajstić information content (AvgIpc) is 1.83. The van der Waals surface area contributed by atoms with Crippen LogP contribution in [-0.2, 0) is 23.7 Å². The molecule has 5 atom stereocenters. The maximum absolute atomic E-state index is 5.40. The summed E-state index contributed by atoms with van der Waals surface area (Å²) in [6, 6.07) is 96.9. The number of hydrogen-bond acceptors (Lipinski definition) is 10. The number of hydrogen-bond donors (Lipinski definition) is 0. The first-order valence-electron chi connectivity index (χ1n) is 43.0. The maximum atomic E-state index is 5.40. The van der Waals surface area contributed by atoms with Crippen molar-refractivity contribution in [1.29, 1.82) is 0 Å². The van der Waals surface area contributed by atoms with Gasteiger partial charge in [0, 0.05) is 0 Å². The molecule has 9 aromatic carbocycles. The Hall–Kier alpha value is -8.22. The van der Waals surface area contributed by atoms with Crippen LogP contribution in [0.1, 0.15) is 230 Å². The SMILES string of the molecule is CC.CC.CC.CC.CCC.CCC.CCC.CCC.CCC.CCC.CCC.CCCCC.c1ccc(OCC2CO2)cc1.c1ccc(OCC2CO2)cc1.c1ccc(OCC2CO2)cc1.c1ccc(OCC2CO2)cc1.c1ccc(OCC2CO2)cc1.c1ccccc1.c1ccccc1.c1ccccc1.c1ccccc1. The molecule has 0 aliphatic carbocycles. The fourth-order valence-electron chi connectivity index (χ4n) is 6.24. The number of rotatable bonds is 17. The summed E-state index contributed by atoms with van der Waals surface area (Å²) in [5.74, 6) is 4.60. The van der Waals surface area contributed by atoms with Crippen LogP contribution < -0.4 is 23.7 Å². The first-order valence-corrected chi connectivity index (χ1v) is 43.0. The normalized spacial score (nSPS) is 13.8. The van der Waals surface area contributed by atoms with Crippen LogP contribution in [0.15, 0.2) is 297 Å². The third-order valence-electron chi connectivity index (χ3n) is 11.3. The van der Waals surface area contributed by atoms with Gasteiger partial charge < -0.3 is 47.4 Å². The number of benzene rings is 9. The molecule has 0 saturated carbocycles. The second-order valence-corrected chi connectivity index (χ2v) is 23.8. The molecule has 0 amide bonds. The van der Waals surface area contributed by atoms with Crippen LogP contribution in [0.25, 0.3) is 0 Å². The minimum Gasteiger partial charge on any atom is -0.491 e. The number of unbranched alkanes of at least 4 members (excludes halogenated alkanes) is 2. The highest BCUT2D eigenvalue weighted by atomic mass is 16.6. The molecule has 0 spiro atoms. The van der Waals surface area contributed by atoms with Crippen LogP contribution in [0.4, 0.5) is 0 Å². The highest BCUT2D eigenvalue weighted by Crippen LogP contribution is 2.18. The van der Waals surface area contributed by atoms with Gasteiger partial charge in [0.1, 0.15) is 92.3 Å². The first-order chi connectivity index (χ1) is 55.6. The monoisotopic (exact) mass is 1560 g/mol. The summed E-state index contributed by atoms with van der Waals surface area (Å²) in [6.45, 7) is 57.9. The Labute approximate surface area is 696 Å². The van der Waals surface area contributed by atoms with Gasteiger partial charge in [0.2, 0.25) is 0 Å². The van der Waals surface area contributed by atoms with Gasteiger partial charge in [-0.1, -0.05) is 467 Å². The molecule has 10 heteroatoms. The lowest BCUT2D eigenvalue weighted by Gasteiger charge is -2.01. The van der Waals surface area contributed by atoms with Gasteiger partial charge in [-0.15, -0.1) is 0 Å². The fraction of sp³-hybridized carbons (Fsp3) is 0.476. The van der Waals surface area contributed by atoms with Crippen LogP contribution in [0.5, 0.6) is 28.7 Å². The molecule has 5 aliphatic heterocycles. The molecule has 0 bridgehead atoms. The minimum absolute atomic E-state index is 0.343. The first kappa shape index (κ1) is 118. The zero-order chi connectivity index (χ0) is 85.6. The summed E-state index contributed by atoms with van der Waals surface area (Å²) in [5, 5.41) is 0. The van der Waals surface area contributed by atoms with Crippen molar-refractivity contribution in [3.63, 3.8) is 0 Å². The zero-order valence-electron chi connectivity index (χ0n) is 75.9. The molecule has 5 heterocycles. The molecule has 5 saturated heterocycles. The quantitative estimate of drug-likeness (QED) is 0.0818. The van der Waals surface area contributed by atoms with E-state index in [2.05, 4.69) is 111 Å². The highest BCUT2D eigenvalue weighted by molar-refractivity contribution is 5.24. The van der Waals surface area contributed by atoms with Crippen molar-refractivity contribution >= 4 is 0 Å². The molecule has 0 N–H and O–H groups in total. The molecule has 0 radical (unpaired) electrons. The minimum atomic E-state index is 0.343. The van der Waals surface area contributed by atoms with Gasteiger partial charge in [0.25, 0.3) is 0 Å². The summed E-state index contributed by atoms with van der Waals surface area (Å²) < 4.78 is 52.1. The average molecular weight is 1560 g/mol. The van der Waals surface area contributed by atoms with Crippen LogP contribution in [-0.4, -0.2) is 96.6 Å². The number of ether oxygens (including phenoxy) is 10. The van der Waals surface area contributed by atoms with E-state index in [-0.39, 0.29) is 0 Å². The Balaban J connectivity index is -0.000000215. The fourth-order valence-corrected chi connectivity index (χ4v) is 6.24. The van der Waals surface area contributed by atoms with Crippen LogP contribution in [0.3, 0.4) is 0 Å². The number of para-hydroxylation sites is 5. The Morgan fingerprint density at radius 2 is 0.274 bits per heavy atom. The van der Waals surface area contributed by atoms with Crippen molar-refractivity contribution in [3.8, 4) is 28.7 Å². The van der Waals surface area contributed by atoms with Crippen molar-refractivity contribution < 1.29 is 47.4 Å². The summed E-state index contributed by atoms with van der Waals surface area (Å²) in [4.78, 5) is 0. The van der Waals surface area contributed by atoms with Gasteiger partial charge in [-0.3, -0.25) is 0 Å². The maximum Gasteiger partial charge on any atom is 0.119 e. The predicted molar refractivity (Wildman–Crippen MR) is 496 cm³/mol. The summed E-state index contributed by atoms with van der Waals surface area (Å²) in [5.41, 5.74) is 0. The lowest BCUT2D eigenvalue weighted by atomic mass is 10.3. The van der Waals surface area contributed by atoms with Gasteiger partial charge in [0.05, 0.1) is 33.0 Å². The van der Waals surface area contributed by atoms with E-state index >= 15 is 0 Å². The molecule has 113 heavy (non-hydrogen) atoms.